The summed E-state index contributed by atoms with van der Waals surface area (Å²) in [6.45, 7) is 9.12. The first-order valence-corrected chi connectivity index (χ1v) is 6.48. The fraction of sp³-hybridized carbons (Fsp3) is 0.294. The van der Waals surface area contributed by atoms with E-state index < -0.39 is 0 Å². The van der Waals surface area contributed by atoms with E-state index in [-0.39, 0.29) is 17.6 Å². The Kier molecular flexibility index (Phi) is 5.68. The summed E-state index contributed by atoms with van der Waals surface area (Å²) in [6, 6.07) is 5.06. The molecule has 0 saturated heterocycles. The van der Waals surface area contributed by atoms with Gasteiger partial charge in [0, 0.05) is 5.92 Å². The van der Waals surface area contributed by atoms with Crippen LogP contribution < -0.4 is 0 Å². The van der Waals surface area contributed by atoms with Crippen LogP contribution in [0.2, 0.25) is 0 Å². The first-order valence-electron chi connectivity index (χ1n) is 6.48. The number of allylic oxidation sites excluding steroid dienone is 5. The molecule has 102 valence electrons. The summed E-state index contributed by atoms with van der Waals surface area (Å²) < 4.78 is 27.1. The normalized spacial score (nSPS) is 14.4. The van der Waals surface area contributed by atoms with Gasteiger partial charge in [0.05, 0.1) is 0 Å². The molecule has 0 saturated carbocycles. The molecule has 1 unspecified atom stereocenters. The van der Waals surface area contributed by atoms with E-state index in [1.165, 1.54) is 18.2 Å². The van der Waals surface area contributed by atoms with Crippen molar-refractivity contribution in [3.8, 4) is 0 Å². The molecule has 19 heavy (non-hydrogen) atoms. The Bertz CT molecular complexity index is 510. The number of rotatable bonds is 5. The van der Waals surface area contributed by atoms with E-state index in [0.29, 0.717) is 12.0 Å². The largest absolute Gasteiger partial charge is 0.207 e. The van der Waals surface area contributed by atoms with Crippen LogP contribution in [0.3, 0.4) is 0 Å². The Hall–Kier alpha value is -1.70. The van der Waals surface area contributed by atoms with E-state index in [2.05, 4.69) is 6.58 Å². The zero-order valence-electron chi connectivity index (χ0n) is 11.7. The minimum atomic E-state index is -0.380. The zero-order chi connectivity index (χ0) is 14.4. The first kappa shape index (κ1) is 15.4. The Morgan fingerprint density at radius 3 is 2.63 bits per heavy atom. The summed E-state index contributed by atoms with van der Waals surface area (Å²) >= 11 is 0. The summed E-state index contributed by atoms with van der Waals surface area (Å²) in [7, 11) is 0. The molecule has 2 heteroatoms. The molecule has 0 amide bonds. The van der Waals surface area contributed by atoms with Crippen LogP contribution >= 0.6 is 0 Å². The maximum Gasteiger partial charge on any atom is 0.126 e. The van der Waals surface area contributed by atoms with Crippen molar-refractivity contribution >= 4 is 0 Å². The molecule has 0 aliphatic heterocycles. The highest BCUT2D eigenvalue weighted by molar-refractivity contribution is 5.41. The van der Waals surface area contributed by atoms with Crippen molar-refractivity contribution in [2.24, 2.45) is 0 Å². The van der Waals surface area contributed by atoms with Crippen molar-refractivity contribution in [3.63, 3.8) is 0 Å². The Balaban J connectivity index is 3.22. The number of hydrogen-bond acceptors (Lipinski definition) is 0. The quantitative estimate of drug-likeness (QED) is 0.616. The van der Waals surface area contributed by atoms with Gasteiger partial charge >= 0.3 is 0 Å². The van der Waals surface area contributed by atoms with Gasteiger partial charge in [0.1, 0.15) is 11.6 Å². The zero-order valence-corrected chi connectivity index (χ0v) is 11.7. The van der Waals surface area contributed by atoms with Crippen LogP contribution in [0.4, 0.5) is 8.78 Å². The SMILES string of the molecule is C=C/C(F)=C\C(=C/C)C(C)c1cccc(F)c1CC. The average Bonchev–Trinajstić information content (AvgIpc) is 2.43. The Labute approximate surface area is 114 Å². The van der Waals surface area contributed by atoms with Crippen molar-refractivity contribution in [1.29, 1.82) is 0 Å². The smallest absolute Gasteiger partial charge is 0.126 e. The summed E-state index contributed by atoms with van der Waals surface area (Å²) in [5, 5.41) is 0. The molecule has 0 heterocycles. The third-order valence-corrected chi connectivity index (χ3v) is 3.31. The molecule has 0 aliphatic carbocycles. The maximum atomic E-state index is 13.8. The molecular weight excluding hydrogens is 242 g/mol. The van der Waals surface area contributed by atoms with E-state index in [0.717, 1.165) is 11.1 Å². The van der Waals surface area contributed by atoms with E-state index in [9.17, 15) is 8.78 Å². The molecule has 1 rings (SSSR count). The highest BCUT2D eigenvalue weighted by atomic mass is 19.1. The van der Waals surface area contributed by atoms with E-state index in [1.807, 2.05) is 32.9 Å². The van der Waals surface area contributed by atoms with Crippen LogP contribution in [-0.2, 0) is 6.42 Å². The number of halogens is 2. The van der Waals surface area contributed by atoms with Gasteiger partial charge in [0.25, 0.3) is 0 Å². The van der Waals surface area contributed by atoms with Gasteiger partial charge in [-0.05, 0) is 48.3 Å². The van der Waals surface area contributed by atoms with Crippen LogP contribution in [0, 0.1) is 5.82 Å². The molecule has 0 aliphatic rings. The highest BCUT2D eigenvalue weighted by Crippen LogP contribution is 2.30. The van der Waals surface area contributed by atoms with Gasteiger partial charge in [-0.15, -0.1) is 0 Å². The second-order valence-corrected chi connectivity index (χ2v) is 4.40. The Morgan fingerprint density at radius 2 is 2.11 bits per heavy atom. The standard InChI is InChI=1S/C17H20F2/c1-5-13(11-14(18)6-2)12(4)16-9-8-10-17(19)15(16)7-3/h5-6,8-12H,2,7H2,1,3-4H3/b13-5+,14-11+. The minimum Gasteiger partial charge on any atom is -0.207 e. The van der Waals surface area contributed by atoms with Gasteiger partial charge in [-0.2, -0.15) is 0 Å². The van der Waals surface area contributed by atoms with Crippen molar-refractivity contribution in [2.45, 2.75) is 33.1 Å². The summed E-state index contributed by atoms with van der Waals surface area (Å²) in [5.74, 6) is -0.633. The Morgan fingerprint density at radius 1 is 1.42 bits per heavy atom. The average molecular weight is 262 g/mol. The summed E-state index contributed by atoms with van der Waals surface area (Å²) in [6.07, 6.45) is 5.08. The lowest BCUT2D eigenvalue weighted by Crippen LogP contribution is -2.03. The first-order chi connectivity index (χ1) is 9.04. The molecule has 0 radical (unpaired) electrons. The van der Waals surface area contributed by atoms with Gasteiger partial charge in [-0.3, -0.25) is 0 Å². The van der Waals surface area contributed by atoms with Gasteiger partial charge in [0.15, 0.2) is 0 Å². The topological polar surface area (TPSA) is 0 Å². The minimum absolute atomic E-state index is 0.0543. The molecular formula is C17H20F2. The molecule has 0 fully saturated rings. The monoisotopic (exact) mass is 262 g/mol. The van der Waals surface area contributed by atoms with E-state index >= 15 is 0 Å². The van der Waals surface area contributed by atoms with Gasteiger partial charge in [0.2, 0.25) is 0 Å². The number of benzene rings is 1. The van der Waals surface area contributed by atoms with Gasteiger partial charge < -0.3 is 0 Å². The van der Waals surface area contributed by atoms with E-state index in [1.54, 1.807) is 6.07 Å². The fourth-order valence-electron chi connectivity index (χ4n) is 2.21. The molecule has 0 bridgehead atoms. The lowest BCUT2D eigenvalue weighted by molar-refractivity contribution is 0.606. The molecule has 0 N–H and O–H groups in total. The van der Waals surface area contributed by atoms with Gasteiger partial charge in [-0.1, -0.05) is 38.6 Å². The van der Waals surface area contributed by atoms with Crippen molar-refractivity contribution in [1.82, 2.24) is 0 Å². The number of hydrogen-bond donors (Lipinski definition) is 0. The second kappa shape index (κ2) is 7.03. The van der Waals surface area contributed by atoms with E-state index in [4.69, 9.17) is 0 Å². The summed E-state index contributed by atoms with van der Waals surface area (Å²) in [5.41, 5.74) is 2.42. The summed E-state index contributed by atoms with van der Waals surface area (Å²) in [4.78, 5) is 0. The van der Waals surface area contributed by atoms with Gasteiger partial charge in [-0.25, -0.2) is 8.78 Å². The molecule has 0 aromatic heterocycles. The lowest BCUT2D eigenvalue weighted by Gasteiger charge is -2.17. The van der Waals surface area contributed by atoms with Crippen LogP contribution in [-0.4, -0.2) is 0 Å². The van der Waals surface area contributed by atoms with Crippen LogP contribution in [0.15, 0.2) is 54.4 Å². The molecule has 1 aromatic carbocycles. The molecule has 1 aromatic rings. The maximum absolute atomic E-state index is 13.8. The highest BCUT2D eigenvalue weighted by Gasteiger charge is 2.15. The van der Waals surface area contributed by atoms with Crippen LogP contribution in [0.25, 0.3) is 0 Å². The third kappa shape index (κ3) is 3.63. The fourth-order valence-corrected chi connectivity index (χ4v) is 2.21. The molecule has 0 nitrogen and oxygen atoms in total. The van der Waals surface area contributed by atoms with Crippen molar-refractivity contribution < 1.29 is 8.78 Å². The predicted molar refractivity (Wildman–Crippen MR) is 77.3 cm³/mol. The predicted octanol–water partition coefficient (Wildman–Crippen LogP) is 5.48. The van der Waals surface area contributed by atoms with Crippen molar-refractivity contribution in [2.75, 3.05) is 0 Å². The lowest BCUT2D eigenvalue weighted by atomic mass is 9.88. The van der Waals surface area contributed by atoms with Crippen LogP contribution in [0.5, 0.6) is 0 Å². The second-order valence-electron chi connectivity index (χ2n) is 4.40. The molecule has 0 spiro atoms. The third-order valence-electron chi connectivity index (χ3n) is 3.31. The molecule has 1 atom stereocenters. The van der Waals surface area contributed by atoms with Crippen molar-refractivity contribution in [3.05, 3.63) is 71.4 Å². The van der Waals surface area contributed by atoms with Crippen LogP contribution in [0.1, 0.15) is 37.8 Å².